The molecule has 1 unspecified atom stereocenters. The van der Waals surface area contributed by atoms with Gasteiger partial charge < -0.3 is 10.5 Å². The number of hydrogen-bond donors (Lipinski definition) is 3. The molecular formula is C10H16N2O3S. The molecule has 0 saturated heterocycles. The van der Waals surface area contributed by atoms with Crippen molar-refractivity contribution in [3.05, 3.63) is 29.8 Å². The van der Waals surface area contributed by atoms with Crippen molar-refractivity contribution >= 4 is 11.3 Å². The molecule has 5 nitrogen and oxygen atoms in total. The zero-order valence-electron chi connectivity index (χ0n) is 8.89. The molecule has 0 aromatic heterocycles. The molecule has 0 aliphatic rings. The van der Waals surface area contributed by atoms with Gasteiger partial charge in [0.1, 0.15) is 5.75 Å². The van der Waals surface area contributed by atoms with Gasteiger partial charge in [-0.15, -0.1) is 0 Å². The summed E-state index contributed by atoms with van der Waals surface area (Å²) in [6.07, 6.45) is 0.666. The molecule has 1 rings (SSSR count). The molecule has 0 aliphatic heterocycles. The highest BCUT2D eigenvalue weighted by Crippen LogP contribution is 2.12. The van der Waals surface area contributed by atoms with Crippen molar-refractivity contribution in [2.75, 3.05) is 13.2 Å². The standard InChI is InChI=1S/C10H16N2O3S/c11-8-9-3-1-4-10(7-9)15-6-2-5-12-16(13)14/h1,3-4,7,12H,2,5-6,8,11H2,(H,13,14). The van der Waals surface area contributed by atoms with E-state index < -0.39 is 11.3 Å². The minimum absolute atomic E-state index is 0.444. The quantitative estimate of drug-likeness (QED) is 0.485. The fourth-order valence-corrected chi connectivity index (χ4v) is 1.50. The SMILES string of the molecule is NCc1cccc(OCCCNS(=O)O)c1. The predicted octanol–water partition coefficient (Wildman–Crippen LogP) is 0.641. The maximum absolute atomic E-state index is 10.3. The smallest absolute Gasteiger partial charge is 0.231 e. The number of hydrogen-bond acceptors (Lipinski definition) is 3. The van der Waals surface area contributed by atoms with Crippen molar-refractivity contribution in [1.82, 2.24) is 4.72 Å². The minimum Gasteiger partial charge on any atom is -0.494 e. The molecule has 1 atom stereocenters. The van der Waals surface area contributed by atoms with Crippen LogP contribution in [-0.2, 0) is 17.8 Å². The summed E-state index contributed by atoms with van der Waals surface area (Å²) in [6, 6.07) is 7.57. The van der Waals surface area contributed by atoms with Crippen LogP contribution in [0.5, 0.6) is 5.75 Å². The van der Waals surface area contributed by atoms with E-state index in [1.807, 2.05) is 24.3 Å². The Bertz CT molecular complexity index is 347. The van der Waals surface area contributed by atoms with Gasteiger partial charge in [-0.1, -0.05) is 12.1 Å². The Kier molecular flexibility index (Phi) is 6.02. The molecule has 0 radical (unpaired) electrons. The minimum atomic E-state index is -1.94. The molecule has 1 aromatic carbocycles. The molecule has 4 N–H and O–H groups in total. The Morgan fingerprint density at radius 1 is 1.50 bits per heavy atom. The highest BCUT2D eigenvalue weighted by Gasteiger charge is 1.96. The maximum Gasteiger partial charge on any atom is 0.231 e. The van der Waals surface area contributed by atoms with Gasteiger partial charge in [0.05, 0.1) is 6.61 Å². The van der Waals surface area contributed by atoms with Crippen molar-refractivity contribution in [2.45, 2.75) is 13.0 Å². The topological polar surface area (TPSA) is 84.6 Å². The van der Waals surface area contributed by atoms with Gasteiger partial charge >= 0.3 is 0 Å². The molecule has 1 aromatic rings. The van der Waals surface area contributed by atoms with Crippen LogP contribution in [0.3, 0.4) is 0 Å². The molecule has 0 aliphatic carbocycles. The maximum atomic E-state index is 10.3. The van der Waals surface area contributed by atoms with Crippen LogP contribution >= 0.6 is 0 Å². The lowest BCUT2D eigenvalue weighted by atomic mass is 10.2. The third-order valence-electron chi connectivity index (χ3n) is 1.95. The molecular weight excluding hydrogens is 228 g/mol. The first-order valence-corrected chi connectivity index (χ1v) is 6.09. The normalized spacial score (nSPS) is 12.4. The van der Waals surface area contributed by atoms with Crippen LogP contribution in [0.15, 0.2) is 24.3 Å². The van der Waals surface area contributed by atoms with Gasteiger partial charge in [0.25, 0.3) is 0 Å². The third kappa shape index (κ3) is 5.22. The third-order valence-corrected chi connectivity index (χ3v) is 2.40. The zero-order chi connectivity index (χ0) is 11.8. The van der Waals surface area contributed by atoms with Crippen LogP contribution in [0.2, 0.25) is 0 Å². The van der Waals surface area contributed by atoms with Crippen LogP contribution < -0.4 is 15.2 Å². The second kappa shape index (κ2) is 7.34. The lowest BCUT2D eigenvalue weighted by Gasteiger charge is -2.07. The number of nitrogens with one attached hydrogen (secondary N) is 1. The Morgan fingerprint density at radius 2 is 2.31 bits per heavy atom. The highest BCUT2D eigenvalue weighted by molar-refractivity contribution is 7.77. The summed E-state index contributed by atoms with van der Waals surface area (Å²) in [4.78, 5) is 0. The molecule has 0 heterocycles. The van der Waals surface area contributed by atoms with E-state index in [1.54, 1.807) is 0 Å². The number of nitrogens with two attached hydrogens (primary N) is 1. The molecule has 0 bridgehead atoms. The second-order valence-electron chi connectivity index (χ2n) is 3.20. The van der Waals surface area contributed by atoms with Crippen LogP contribution in [0.1, 0.15) is 12.0 Å². The molecule has 16 heavy (non-hydrogen) atoms. The molecule has 6 heteroatoms. The second-order valence-corrected chi connectivity index (χ2v) is 3.98. The Morgan fingerprint density at radius 3 is 3.00 bits per heavy atom. The molecule has 90 valence electrons. The van der Waals surface area contributed by atoms with Crippen LogP contribution in [-0.4, -0.2) is 21.9 Å². The van der Waals surface area contributed by atoms with E-state index >= 15 is 0 Å². The van der Waals surface area contributed by atoms with Crippen molar-refractivity contribution in [1.29, 1.82) is 0 Å². The summed E-state index contributed by atoms with van der Waals surface area (Å²) < 4.78 is 26.5. The van der Waals surface area contributed by atoms with E-state index in [0.717, 1.165) is 11.3 Å². The van der Waals surface area contributed by atoms with Crippen molar-refractivity contribution in [3.63, 3.8) is 0 Å². The first-order chi connectivity index (χ1) is 7.72. The fourth-order valence-electron chi connectivity index (χ4n) is 1.18. The Balaban J connectivity index is 2.23. The summed E-state index contributed by atoms with van der Waals surface area (Å²) >= 11 is -1.94. The Labute approximate surface area is 97.4 Å². The summed E-state index contributed by atoms with van der Waals surface area (Å²) in [6.45, 7) is 1.43. The summed E-state index contributed by atoms with van der Waals surface area (Å²) in [7, 11) is 0. The van der Waals surface area contributed by atoms with E-state index in [9.17, 15) is 4.21 Å². The average molecular weight is 244 g/mol. The fraction of sp³-hybridized carbons (Fsp3) is 0.400. The summed E-state index contributed by atoms with van der Waals surface area (Å²) in [5.41, 5.74) is 6.52. The predicted molar refractivity (Wildman–Crippen MR) is 63.2 cm³/mol. The van der Waals surface area contributed by atoms with Crippen molar-refractivity contribution in [2.24, 2.45) is 5.73 Å². The summed E-state index contributed by atoms with van der Waals surface area (Å²) in [5.74, 6) is 0.771. The first-order valence-electron chi connectivity index (χ1n) is 4.98. The molecule has 0 spiro atoms. The van der Waals surface area contributed by atoms with Gasteiger partial charge in [0.15, 0.2) is 0 Å². The van der Waals surface area contributed by atoms with E-state index in [1.165, 1.54) is 0 Å². The van der Waals surface area contributed by atoms with Crippen LogP contribution in [0.4, 0.5) is 0 Å². The average Bonchev–Trinajstić information content (AvgIpc) is 2.28. The molecule has 0 amide bonds. The monoisotopic (exact) mass is 244 g/mol. The lowest BCUT2D eigenvalue weighted by molar-refractivity contribution is 0.311. The number of rotatable bonds is 7. The van der Waals surface area contributed by atoms with Crippen molar-refractivity contribution < 1.29 is 13.5 Å². The van der Waals surface area contributed by atoms with E-state index in [0.29, 0.717) is 26.1 Å². The van der Waals surface area contributed by atoms with Crippen LogP contribution in [0, 0.1) is 0 Å². The summed E-state index contributed by atoms with van der Waals surface area (Å²) in [5, 5.41) is 0. The van der Waals surface area contributed by atoms with Gasteiger partial charge in [0, 0.05) is 13.1 Å². The van der Waals surface area contributed by atoms with Gasteiger partial charge in [-0.2, -0.15) is 0 Å². The van der Waals surface area contributed by atoms with Gasteiger partial charge in [-0.05, 0) is 24.1 Å². The number of benzene rings is 1. The lowest BCUT2D eigenvalue weighted by Crippen LogP contribution is -2.19. The molecule has 0 fully saturated rings. The van der Waals surface area contributed by atoms with E-state index in [2.05, 4.69) is 4.72 Å². The first kappa shape index (κ1) is 13.1. The zero-order valence-corrected chi connectivity index (χ0v) is 9.70. The highest BCUT2D eigenvalue weighted by atomic mass is 32.2. The number of ether oxygens (including phenoxy) is 1. The van der Waals surface area contributed by atoms with Crippen molar-refractivity contribution in [3.8, 4) is 5.75 Å². The van der Waals surface area contributed by atoms with Gasteiger partial charge in [-0.25, -0.2) is 8.93 Å². The van der Waals surface area contributed by atoms with E-state index in [4.69, 9.17) is 15.0 Å². The molecule has 0 saturated carbocycles. The van der Waals surface area contributed by atoms with Crippen LogP contribution in [0.25, 0.3) is 0 Å². The van der Waals surface area contributed by atoms with Gasteiger partial charge in [-0.3, -0.25) is 4.55 Å². The van der Waals surface area contributed by atoms with Gasteiger partial charge in [0.2, 0.25) is 11.3 Å². The largest absolute Gasteiger partial charge is 0.494 e. The van der Waals surface area contributed by atoms with E-state index in [-0.39, 0.29) is 0 Å². The Hall–Kier alpha value is -0.950.